The van der Waals surface area contributed by atoms with Crippen molar-refractivity contribution < 1.29 is 28.5 Å². The van der Waals surface area contributed by atoms with Gasteiger partial charge in [-0.05, 0) is 85.1 Å². The molecule has 0 bridgehead atoms. The number of methoxy groups -OCH3 is 1. The fourth-order valence-electron chi connectivity index (χ4n) is 7.86. The first-order chi connectivity index (χ1) is 31.0. The Morgan fingerprint density at radius 1 is 0.891 bits per heavy atom. The number of benzene rings is 4. The number of halogens is 3. The van der Waals surface area contributed by atoms with Gasteiger partial charge in [-0.3, -0.25) is 4.90 Å². The maximum atomic E-state index is 14.3. The van der Waals surface area contributed by atoms with E-state index in [0.29, 0.717) is 89.3 Å². The molecule has 7 aromatic rings. The zero-order valence-corrected chi connectivity index (χ0v) is 38.0. The lowest BCUT2D eigenvalue weighted by atomic mass is 9.91. The molecule has 1 aliphatic rings. The second-order valence-corrected chi connectivity index (χ2v) is 17.3. The molecule has 12 nitrogen and oxygen atoms in total. The second-order valence-electron chi connectivity index (χ2n) is 15.5. The number of rotatable bonds is 16. The summed E-state index contributed by atoms with van der Waals surface area (Å²) in [4.78, 5) is 37.6. The van der Waals surface area contributed by atoms with E-state index >= 15 is 0 Å². The van der Waals surface area contributed by atoms with Crippen molar-refractivity contribution in [1.82, 2.24) is 29.7 Å². The van der Waals surface area contributed by atoms with E-state index in [4.69, 9.17) is 42.4 Å². The molecule has 0 spiro atoms. The van der Waals surface area contributed by atoms with E-state index in [2.05, 4.69) is 37.1 Å². The molecule has 1 unspecified atom stereocenters. The highest BCUT2D eigenvalue weighted by atomic mass is 35.5. The van der Waals surface area contributed by atoms with E-state index in [0.717, 1.165) is 48.7 Å². The second kappa shape index (κ2) is 19.9. The van der Waals surface area contributed by atoms with Gasteiger partial charge in [-0.2, -0.15) is 0 Å². The summed E-state index contributed by atoms with van der Waals surface area (Å²) in [6.07, 6.45) is 3.09. The predicted octanol–water partition coefficient (Wildman–Crippen LogP) is 9.87. The first-order valence-electron chi connectivity index (χ1n) is 20.7. The molecule has 1 fully saturated rings. The predicted molar refractivity (Wildman–Crippen MR) is 251 cm³/mol. The Morgan fingerprint density at radius 2 is 1.59 bits per heavy atom. The van der Waals surface area contributed by atoms with E-state index in [-0.39, 0.29) is 18.8 Å². The Kier molecular flexibility index (Phi) is 13.9. The molecule has 8 rings (SSSR count). The van der Waals surface area contributed by atoms with Crippen molar-refractivity contribution in [2.24, 2.45) is 0 Å². The van der Waals surface area contributed by atoms with Crippen LogP contribution in [0.2, 0.25) is 10.0 Å². The van der Waals surface area contributed by atoms with Crippen LogP contribution < -0.4 is 19.5 Å². The summed E-state index contributed by atoms with van der Waals surface area (Å²) in [5, 5.41) is 15.3. The van der Waals surface area contributed by atoms with Crippen molar-refractivity contribution in [1.29, 1.82) is 0 Å². The van der Waals surface area contributed by atoms with Crippen LogP contribution in [0.3, 0.4) is 0 Å². The van der Waals surface area contributed by atoms with Gasteiger partial charge in [-0.1, -0.05) is 65.7 Å². The van der Waals surface area contributed by atoms with E-state index in [9.17, 15) is 14.3 Å². The van der Waals surface area contributed by atoms with Gasteiger partial charge in [-0.25, -0.2) is 29.1 Å². The molecule has 1 aliphatic heterocycles. The van der Waals surface area contributed by atoms with Crippen LogP contribution in [-0.4, -0.2) is 100 Å². The Labute approximate surface area is 384 Å². The number of carbonyl (C=O) groups is 1. The average molecular weight is 923 g/mol. The average Bonchev–Trinajstić information content (AvgIpc) is 3.69. The summed E-state index contributed by atoms with van der Waals surface area (Å²) in [7, 11) is 3.72. The summed E-state index contributed by atoms with van der Waals surface area (Å²) < 4.78 is 32.4. The first-order valence-corrected chi connectivity index (χ1v) is 22.3. The molecule has 1 saturated heterocycles. The zero-order chi connectivity index (χ0) is 44.9. The fraction of sp³-hybridized carbons (Fsp3) is 0.271. The van der Waals surface area contributed by atoms with Crippen LogP contribution in [0.25, 0.3) is 43.2 Å². The topological polar surface area (TPSA) is 135 Å². The number of hydrogen-bond donors (Lipinski definition) is 2. The fourth-order valence-corrected chi connectivity index (χ4v) is 9.55. The number of carboxylic acids is 1. The monoisotopic (exact) mass is 921 g/mol. The summed E-state index contributed by atoms with van der Waals surface area (Å²) in [5.74, 6) is 0.838. The minimum Gasteiger partial charge on any atom is -0.496 e. The third-order valence-electron chi connectivity index (χ3n) is 11.3. The van der Waals surface area contributed by atoms with Gasteiger partial charge in [0.25, 0.3) is 0 Å². The van der Waals surface area contributed by atoms with E-state index in [1.165, 1.54) is 29.8 Å². The molecular formula is C48H46Cl2FN7O5S. The smallest absolute Gasteiger partial charge is 0.326 e. The normalized spacial score (nSPS) is 13.8. The van der Waals surface area contributed by atoms with Crippen molar-refractivity contribution >= 4 is 56.5 Å². The van der Waals surface area contributed by atoms with Crippen LogP contribution in [0.4, 0.5) is 10.2 Å². The lowest BCUT2D eigenvalue weighted by molar-refractivity contribution is -0.137. The molecule has 2 N–H and O–H groups in total. The number of thiophene rings is 1. The summed E-state index contributed by atoms with van der Waals surface area (Å²) in [6, 6.07) is 21.6. The highest BCUT2D eigenvalue weighted by molar-refractivity contribution is 7.22. The number of para-hydroxylation sites is 2. The maximum Gasteiger partial charge on any atom is 0.326 e. The Bertz CT molecular complexity index is 2770. The van der Waals surface area contributed by atoms with Crippen LogP contribution in [0.5, 0.6) is 17.2 Å². The molecule has 330 valence electrons. The van der Waals surface area contributed by atoms with Crippen LogP contribution in [-0.2, 0) is 17.8 Å². The quantitative estimate of drug-likeness (QED) is 0.0956. The maximum absolute atomic E-state index is 14.3. The molecule has 0 saturated carbocycles. The van der Waals surface area contributed by atoms with Gasteiger partial charge in [0.05, 0.1) is 33.8 Å². The minimum absolute atomic E-state index is 0.0351. The number of nitrogens with zero attached hydrogens (tertiary/aromatic N) is 6. The van der Waals surface area contributed by atoms with Crippen LogP contribution >= 0.6 is 34.5 Å². The van der Waals surface area contributed by atoms with E-state index in [1.807, 2.05) is 56.3 Å². The minimum atomic E-state index is -1.16. The number of ether oxygens (including phenoxy) is 3. The number of aliphatic carboxylic acids is 1. The summed E-state index contributed by atoms with van der Waals surface area (Å²) >= 11 is 15.7. The van der Waals surface area contributed by atoms with E-state index in [1.54, 1.807) is 37.6 Å². The zero-order valence-electron chi connectivity index (χ0n) is 35.7. The number of nitrogens with one attached hydrogen (secondary N) is 1. The van der Waals surface area contributed by atoms with Crippen molar-refractivity contribution in [3.63, 3.8) is 0 Å². The van der Waals surface area contributed by atoms with Crippen molar-refractivity contribution in [2.75, 3.05) is 58.8 Å². The van der Waals surface area contributed by atoms with Crippen molar-refractivity contribution in [2.45, 2.75) is 32.9 Å². The standard InChI is InChI=1S/C48H46Cl2FN7O5S/c1-28-38(29(2)42(50)43(41(28)49)62-24-23-58-21-19-57(3)20-22-58)39-40-46(53-27-54-47(40)64-44(39)30-13-15-32(51)16-14-30)56-35(48(59)60)25-31-9-5-7-11-36(31)63-26-33-17-18-52-45(55-33)34-10-6-8-12-37(34)61-4/h5-18,27,35H,19-26H2,1-4H3,(H,59,60)(H,53,54,56). The van der Waals surface area contributed by atoms with Crippen molar-refractivity contribution in [3.05, 3.63) is 130 Å². The number of fused-ring (bicyclic) bond motifs is 1. The Hall–Kier alpha value is -5.90. The van der Waals surface area contributed by atoms with Gasteiger partial charge in [-0.15, -0.1) is 11.3 Å². The first kappa shape index (κ1) is 44.7. The third kappa shape index (κ3) is 9.61. The summed E-state index contributed by atoms with van der Waals surface area (Å²) in [6.45, 7) is 8.94. The molecule has 4 heterocycles. The molecule has 3 aromatic heterocycles. The molecule has 0 amide bonds. The molecule has 16 heteroatoms. The van der Waals surface area contributed by atoms with Gasteiger partial charge in [0.15, 0.2) is 11.6 Å². The SMILES string of the molecule is COc1ccccc1-c1nccc(COc2ccccc2CC(Nc2ncnc3sc(-c4ccc(F)cc4)c(-c4c(C)c(Cl)c(OCCN5CCN(C)CC5)c(Cl)c4C)c23)C(=O)O)n1. The van der Waals surface area contributed by atoms with Gasteiger partial charge >= 0.3 is 5.97 Å². The largest absolute Gasteiger partial charge is 0.496 e. The number of carboxylic acid groups (broad SMARTS) is 1. The molecule has 64 heavy (non-hydrogen) atoms. The highest BCUT2D eigenvalue weighted by Gasteiger charge is 2.29. The Morgan fingerprint density at radius 3 is 2.31 bits per heavy atom. The van der Waals surface area contributed by atoms with Crippen molar-refractivity contribution in [3.8, 4) is 50.2 Å². The molecule has 0 radical (unpaired) electrons. The lowest BCUT2D eigenvalue weighted by Gasteiger charge is -2.32. The Balaban J connectivity index is 1.12. The highest BCUT2D eigenvalue weighted by Crippen LogP contribution is 2.52. The van der Waals surface area contributed by atoms with Crippen LogP contribution in [0.1, 0.15) is 22.4 Å². The van der Waals surface area contributed by atoms with Crippen LogP contribution in [0, 0.1) is 19.7 Å². The molecule has 0 aliphatic carbocycles. The number of aromatic nitrogens is 4. The van der Waals surface area contributed by atoms with Crippen LogP contribution in [0.15, 0.2) is 91.4 Å². The lowest BCUT2D eigenvalue weighted by Crippen LogP contribution is -2.45. The number of hydrogen-bond acceptors (Lipinski definition) is 12. The number of anilines is 1. The molecule has 1 atom stereocenters. The van der Waals surface area contributed by atoms with Gasteiger partial charge in [0.2, 0.25) is 0 Å². The number of piperazine rings is 1. The number of likely N-dealkylation sites (N-methyl/N-ethyl adjacent to an activating group) is 1. The van der Waals surface area contributed by atoms with Gasteiger partial charge in [0, 0.05) is 55.8 Å². The third-order valence-corrected chi connectivity index (χ3v) is 13.4. The van der Waals surface area contributed by atoms with Gasteiger partial charge < -0.3 is 29.5 Å². The molecule has 4 aromatic carbocycles. The van der Waals surface area contributed by atoms with E-state index < -0.39 is 12.0 Å². The van der Waals surface area contributed by atoms with Gasteiger partial charge in [0.1, 0.15) is 53.5 Å². The molecular weight excluding hydrogens is 877 g/mol. The summed E-state index contributed by atoms with van der Waals surface area (Å²) in [5.41, 5.74) is 5.55.